The number of ether oxygens (including phenoxy) is 1. The van der Waals surface area contributed by atoms with Crippen LogP contribution in [0.25, 0.3) is 0 Å². The Morgan fingerprint density at radius 2 is 1.89 bits per heavy atom. The Morgan fingerprint density at radius 3 is 2.56 bits per heavy atom. The van der Waals surface area contributed by atoms with Gasteiger partial charge in [-0.3, -0.25) is 0 Å². The first-order valence-corrected chi connectivity index (χ1v) is 7.34. The molecule has 94 valence electrons. The molecule has 2 nitrogen and oxygen atoms in total. The Balaban J connectivity index is 2.48. The fraction of sp³-hybridized carbons (Fsp3) is 0.143. The first kappa shape index (κ1) is 13.8. The summed E-state index contributed by atoms with van der Waals surface area (Å²) in [7, 11) is 1.66. The zero-order valence-electron chi connectivity index (χ0n) is 9.86. The van der Waals surface area contributed by atoms with E-state index in [-0.39, 0.29) is 6.04 Å². The molecule has 2 N–H and O–H groups in total. The Labute approximate surface area is 129 Å². The Bertz CT molecular complexity index is 559. The van der Waals surface area contributed by atoms with Crippen molar-refractivity contribution < 1.29 is 4.74 Å². The van der Waals surface area contributed by atoms with Crippen molar-refractivity contribution in [3.05, 3.63) is 61.6 Å². The summed E-state index contributed by atoms with van der Waals surface area (Å²) < 4.78 is 7.54. The molecule has 0 saturated carbocycles. The van der Waals surface area contributed by atoms with E-state index in [1.165, 1.54) is 0 Å². The number of benzene rings is 2. The van der Waals surface area contributed by atoms with Gasteiger partial charge in [0.1, 0.15) is 5.75 Å². The maximum atomic E-state index is 6.36. The molecule has 0 heterocycles. The summed E-state index contributed by atoms with van der Waals surface area (Å²) in [6.07, 6.45) is 0. The van der Waals surface area contributed by atoms with Gasteiger partial charge in [-0.1, -0.05) is 34.1 Å². The van der Waals surface area contributed by atoms with E-state index in [0.29, 0.717) is 0 Å². The summed E-state index contributed by atoms with van der Waals surface area (Å²) in [6, 6.07) is 13.8. The summed E-state index contributed by atoms with van der Waals surface area (Å²) in [5, 5.41) is 0. The largest absolute Gasteiger partial charge is 0.496 e. The van der Waals surface area contributed by atoms with Gasteiger partial charge in [0, 0.05) is 13.6 Å². The van der Waals surface area contributed by atoms with Gasteiger partial charge in [-0.15, -0.1) is 0 Å². The normalized spacial score (nSPS) is 12.2. The van der Waals surface area contributed by atoms with E-state index in [4.69, 9.17) is 10.5 Å². The zero-order valence-corrected chi connectivity index (χ0v) is 13.6. The van der Waals surface area contributed by atoms with Crippen molar-refractivity contribution in [2.24, 2.45) is 5.73 Å². The van der Waals surface area contributed by atoms with Crippen molar-refractivity contribution in [2.45, 2.75) is 6.04 Å². The lowest BCUT2D eigenvalue weighted by atomic mass is 9.99. The second-order valence-electron chi connectivity index (χ2n) is 3.89. The highest BCUT2D eigenvalue weighted by molar-refractivity contribution is 14.1. The average Bonchev–Trinajstić information content (AvgIpc) is 2.38. The molecule has 0 fully saturated rings. The van der Waals surface area contributed by atoms with Crippen LogP contribution in [-0.2, 0) is 0 Å². The van der Waals surface area contributed by atoms with Crippen LogP contribution >= 0.6 is 38.5 Å². The fourth-order valence-corrected chi connectivity index (χ4v) is 2.94. The molecule has 2 rings (SSSR count). The molecule has 2 aromatic rings. The van der Waals surface area contributed by atoms with Gasteiger partial charge in [0.05, 0.1) is 13.2 Å². The van der Waals surface area contributed by atoms with Gasteiger partial charge >= 0.3 is 0 Å². The molecule has 0 aliphatic carbocycles. The first-order valence-electron chi connectivity index (χ1n) is 5.47. The van der Waals surface area contributed by atoms with Crippen molar-refractivity contribution in [2.75, 3.05) is 7.11 Å². The predicted molar refractivity (Wildman–Crippen MR) is 85.9 cm³/mol. The summed E-state index contributed by atoms with van der Waals surface area (Å²) in [5.74, 6) is 0.811. The summed E-state index contributed by atoms with van der Waals surface area (Å²) in [5.41, 5.74) is 8.45. The molecule has 0 spiro atoms. The summed E-state index contributed by atoms with van der Waals surface area (Å²) in [6.45, 7) is 0. The number of methoxy groups -OCH3 is 1. The molecule has 0 aromatic heterocycles. The van der Waals surface area contributed by atoms with Gasteiger partial charge in [0.2, 0.25) is 0 Å². The Kier molecular flexibility index (Phi) is 4.64. The molecule has 0 saturated heterocycles. The standard InChI is InChI=1S/C14H13BrINO/c1-18-13-7-6-9(15)8-11(13)14(17)10-4-2-3-5-12(10)16/h2-8,14H,17H2,1H3. The third-order valence-corrected chi connectivity index (χ3v) is 4.24. The van der Waals surface area contributed by atoms with E-state index < -0.39 is 0 Å². The zero-order chi connectivity index (χ0) is 13.1. The summed E-state index contributed by atoms with van der Waals surface area (Å²) in [4.78, 5) is 0. The van der Waals surface area contributed by atoms with Crippen LogP contribution in [0.15, 0.2) is 46.9 Å². The minimum Gasteiger partial charge on any atom is -0.496 e. The minimum atomic E-state index is -0.189. The van der Waals surface area contributed by atoms with Crippen LogP contribution in [0.2, 0.25) is 0 Å². The maximum Gasteiger partial charge on any atom is 0.124 e. The Hall–Kier alpha value is -0.590. The van der Waals surface area contributed by atoms with Crippen LogP contribution in [0.1, 0.15) is 17.2 Å². The number of hydrogen-bond acceptors (Lipinski definition) is 2. The number of rotatable bonds is 3. The van der Waals surface area contributed by atoms with Crippen molar-refractivity contribution in [1.29, 1.82) is 0 Å². The van der Waals surface area contributed by atoms with Crippen LogP contribution in [0.3, 0.4) is 0 Å². The number of halogens is 2. The predicted octanol–water partition coefficient (Wildman–Crippen LogP) is 4.11. The van der Waals surface area contributed by atoms with Crippen LogP contribution in [0, 0.1) is 3.57 Å². The van der Waals surface area contributed by atoms with Gasteiger partial charge in [-0.25, -0.2) is 0 Å². The molecule has 2 aromatic carbocycles. The van der Waals surface area contributed by atoms with Crippen LogP contribution in [0.4, 0.5) is 0 Å². The van der Waals surface area contributed by atoms with E-state index in [2.05, 4.69) is 44.6 Å². The van der Waals surface area contributed by atoms with Crippen molar-refractivity contribution in [3.63, 3.8) is 0 Å². The van der Waals surface area contributed by atoms with Crippen LogP contribution in [0.5, 0.6) is 5.75 Å². The molecule has 0 amide bonds. The highest BCUT2D eigenvalue weighted by Gasteiger charge is 2.16. The maximum absolute atomic E-state index is 6.36. The van der Waals surface area contributed by atoms with Crippen LogP contribution < -0.4 is 10.5 Å². The summed E-state index contributed by atoms with van der Waals surface area (Å²) >= 11 is 5.77. The second-order valence-corrected chi connectivity index (χ2v) is 5.96. The molecule has 0 radical (unpaired) electrons. The lowest BCUT2D eigenvalue weighted by Crippen LogP contribution is -2.14. The number of hydrogen-bond donors (Lipinski definition) is 1. The third kappa shape index (κ3) is 2.87. The quantitative estimate of drug-likeness (QED) is 0.762. The SMILES string of the molecule is COc1ccc(Br)cc1C(N)c1ccccc1I. The smallest absolute Gasteiger partial charge is 0.124 e. The molecule has 0 aliphatic rings. The molecule has 0 aliphatic heterocycles. The Morgan fingerprint density at radius 1 is 1.17 bits per heavy atom. The minimum absolute atomic E-state index is 0.189. The van der Waals surface area contributed by atoms with Gasteiger partial charge in [-0.05, 0) is 52.4 Å². The van der Waals surface area contributed by atoms with E-state index in [0.717, 1.165) is 24.9 Å². The first-order chi connectivity index (χ1) is 8.63. The molecule has 1 atom stereocenters. The molecule has 1 unspecified atom stereocenters. The van der Waals surface area contributed by atoms with Gasteiger partial charge in [0.25, 0.3) is 0 Å². The fourth-order valence-electron chi connectivity index (χ4n) is 1.84. The van der Waals surface area contributed by atoms with E-state index in [9.17, 15) is 0 Å². The highest BCUT2D eigenvalue weighted by atomic mass is 127. The van der Waals surface area contributed by atoms with E-state index >= 15 is 0 Å². The van der Waals surface area contributed by atoms with Crippen molar-refractivity contribution >= 4 is 38.5 Å². The van der Waals surface area contributed by atoms with Gasteiger partial charge < -0.3 is 10.5 Å². The average molecular weight is 418 g/mol. The van der Waals surface area contributed by atoms with Crippen LogP contribution in [-0.4, -0.2) is 7.11 Å². The molecular formula is C14H13BrINO. The van der Waals surface area contributed by atoms with Gasteiger partial charge in [0.15, 0.2) is 0 Å². The van der Waals surface area contributed by atoms with Crippen molar-refractivity contribution in [1.82, 2.24) is 0 Å². The molecular weight excluding hydrogens is 405 g/mol. The lowest BCUT2D eigenvalue weighted by molar-refractivity contribution is 0.407. The molecule has 0 bridgehead atoms. The van der Waals surface area contributed by atoms with Crippen molar-refractivity contribution in [3.8, 4) is 5.75 Å². The topological polar surface area (TPSA) is 35.2 Å². The van der Waals surface area contributed by atoms with Gasteiger partial charge in [-0.2, -0.15) is 0 Å². The molecule has 18 heavy (non-hydrogen) atoms. The highest BCUT2D eigenvalue weighted by Crippen LogP contribution is 2.32. The van der Waals surface area contributed by atoms with E-state index in [1.54, 1.807) is 7.11 Å². The monoisotopic (exact) mass is 417 g/mol. The third-order valence-electron chi connectivity index (χ3n) is 2.77. The lowest BCUT2D eigenvalue weighted by Gasteiger charge is -2.17. The molecule has 4 heteroatoms. The second kappa shape index (κ2) is 6.04. The van der Waals surface area contributed by atoms with E-state index in [1.807, 2.05) is 36.4 Å². The number of nitrogens with two attached hydrogens (primary N) is 1.